The van der Waals surface area contributed by atoms with E-state index in [0.29, 0.717) is 12.5 Å². The number of halogens is 1. The topological polar surface area (TPSA) is 49.3 Å². The predicted octanol–water partition coefficient (Wildman–Crippen LogP) is 1.68. The molecule has 0 spiro atoms. The molecule has 3 nitrogen and oxygen atoms in total. The quantitative estimate of drug-likeness (QED) is 0.567. The van der Waals surface area contributed by atoms with Gasteiger partial charge in [-0.25, -0.2) is 0 Å². The SMILES string of the molecule is CC(CO)CCCNC(=O)C(C)(C)Br. The van der Waals surface area contributed by atoms with Gasteiger partial charge in [-0.1, -0.05) is 22.9 Å². The average molecular weight is 266 g/mol. The summed E-state index contributed by atoms with van der Waals surface area (Å²) < 4.78 is -0.490. The molecule has 0 aromatic heterocycles. The molecule has 1 unspecified atom stereocenters. The summed E-state index contributed by atoms with van der Waals surface area (Å²) in [6, 6.07) is 0. The van der Waals surface area contributed by atoms with Crippen LogP contribution in [0.5, 0.6) is 0 Å². The molecule has 0 saturated heterocycles. The van der Waals surface area contributed by atoms with E-state index in [9.17, 15) is 4.79 Å². The lowest BCUT2D eigenvalue weighted by Crippen LogP contribution is -2.38. The first kappa shape index (κ1) is 13.9. The summed E-state index contributed by atoms with van der Waals surface area (Å²) in [6.07, 6.45) is 1.86. The van der Waals surface area contributed by atoms with Crippen molar-refractivity contribution < 1.29 is 9.90 Å². The van der Waals surface area contributed by atoms with E-state index in [2.05, 4.69) is 21.2 Å². The fourth-order valence-electron chi connectivity index (χ4n) is 0.954. The first-order valence-electron chi connectivity index (χ1n) is 4.96. The Morgan fingerprint density at radius 3 is 2.57 bits per heavy atom. The second kappa shape index (κ2) is 6.40. The van der Waals surface area contributed by atoms with E-state index >= 15 is 0 Å². The number of hydrogen-bond acceptors (Lipinski definition) is 2. The normalized spacial score (nSPS) is 13.8. The zero-order valence-corrected chi connectivity index (χ0v) is 10.7. The number of rotatable bonds is 6. The van der Waals surface area contributed by atoms with Crippen molar-refractivity contribution in [1.82, 2.24) is 5.32 Å². The van der Waals surface area contributed by atoms with E-state index in [4.69, 9.17) is 5.11 Å². The van der Waals surface area contributed by atoms with Crippen LogP contribution in [0.1, 0.15) is 33.6 Å². The number of carbonyl (C=O) groups is 1. The van der Waals surface area contributed by atoms with Gasteiger partial charge in [-0.2, -0.15) is 0 Å². The number of hydrogen-bond donors (Lipinski definition) is 2. The Bertz CT molecular complexity index is 177. The van der Waals surface area contributed by atoms with Crippen LogP contribution in [0.4, 0.5) is 0 Å². The van der Waals surface area contributed by atoms with Crippen LogP contribution in [-0.2, 0) is 4.79 Å². The van der Waals surface area contributed by atoms with E-state index in [-0.39, 0.29) is 12.5 Å². The van der Waals surface area contributed by atoms with Crippen molar-refractivity contribution in [2.45, 2.75) is 37.9 Å². The highest BCUT2D eigenvalue weighted by atomic mass is 79.9. The minimum absolute atomic E-state index is 0.00847. The van der Waals surface area contributed by atoms with E-state index in [1.807, 2.05) is 20.8 Å². The number of nitrogens with one attached hydrogen (secondary N) is 1. The highest BCUT2D eigenvalue weighted by Gasteiger charge is 2.22. The van der Waals surface area contributed by atoms with Crippen molar-refractivity contribution in [3.05, 3.63) is 0 Å². The number of aliphatic hydroxyl groups is 1. The first-order valence-corrected chi connectivity index (χ1v) is 5.75. The molecule has 0 rings (SSSR count). The second-order valence-corrected chi connectivity index (χ2v) is 6.14. The van der Waals surface area contributed by atoms with E-state index in [1.54, 1.807) is 0 Å². The van der Waals surface area contributed by atoms with Gasteiger partial charge >= 0.3 is 0 Å². The summed E-state index contributed by atoms with van der Waals surface area (Å²) in [6.45, 7) is 6.53. The summed E-state index contributed by atoms with van der Waals surface area (Å²) in [5.41, 5.74) is 0. The minimum Gasteiger partial charge on any atom is -0.396 e. The van der Waals surface area contributed by atoms with Gasteiger partial charge < -0.3 is 10.4 Å². The van der Waals surface area contributed by atoms with Crippen molar-refractivity contribution in [3.8, 4) is 0 Å². The van der Waals surface area contributed by atoms with Gasteiger partial charge in [-0.3, -0.25) is 4.79 Å². The Kier molecular flexibility index (Phi) is 6.36. The fraction of sp³-hybridized carbons (Fsp3) is 0.900. The minimum atomic E-state index is -0.490. The van der Waals surface area contributed by atoms with Crippen molar-refractivity contribution in [2.75, 3.05) is 13.2 Å². The van der Waals surface area contributed by atoms with Gasteiger partial charge in [-0.05, 0) is 32.6 Å². The molecule has 0 aromatic rings. The average Bonchev–Trinajstić information content (AvgIpc) is 2.09. The zero-order chi connectivity index (χ0) is 11.2. The smallest absolute Gasteiger partial charge is 0.236 e. The van der Waals surface area contributed by atoms with Crippen LogP contribution in [-0.4, -0.2) is 28.5 Å². The van der Waals surface area contributed by atoms with E-state index in [1.165, 1.54) is 0 Å². The number of carbonyl (C=O) groups excluding carboxylic acids is 1. The van der Waals surface area contributed by atoms with Crippen molar-refractivity contribution >= 4 is 21.8 Å². The highest BCUT2D eigenvalue weighted by Crippen LogP contribution is 2.15. The molecule has 4 heteroatoms. The van der Waals surface area contributed by atoms with Crippen molar-refractivity contribution in [2.24, 2.45) is 5.92 Å². The highest BCUT2D eigenvalue weighted by molar-refractivity contribution is 9.10. The van der Waals surface area contributed by atoms with Crippen LogP contribution in [0.3, 0.4) is 0 Å². The fourth-order valence-corrected chi connectivity index (χ4v) is 1.09. The van der Waals surface area contributed by atoms with Crippen LogP contribution < -0.4 is 5.32 Å². The molecule has 0 bridgehead atoms. The van der Waals surface area contributed by atoms with E-state index < -0.39 is 4.32 Å². The molecule has 0 heterocycles. The third kappa shape index (κ3) is 6.38. The molecular formula is C10H20BrNO2. The van der Waals surface area contributed by atoms with Crippen LogP contribution in [0.25, 0.3) is 0 Å². The molecule has 1 atom stereocenters. The Morgan fingerprint density at radius 2 is 2.14 bits per heavy atom. The Morgan fingerprint density at radius 1 is 1.57 bits per heavy atom. The molecule has 2 N–H and O–H groups in total. The van der Waals surface area contributed by atoms with Crippen LogP contribution >= 0.6 is 15.9 Å². The first-order chi connectivity index (χ1) is 6.38. The third-order valence-corrected chi connectivity index (χ3v) is 2.37. The van der Waals surface area contributed by atoms with Crippen molar-refractivity contribution in [3.63, 3.8) is 0 Å². The van der Waals surface area contributed by atoms with Crippen LogP contribution in [0, 0.1) is 5.92 Å². The summed E-state index contributed by atoms with van der Waals surface area (Å²) in [5, 5.41) is 11.6. The molecule has 84 valence electrons. The zero-order valence-electron chi connectivity index (χ0n) is 9.14. The molecule has 0 radical (unpaired) electrons. The summed E-state index contributed by atoms with van der Waals surface area (Å²) in [7, 11) is 0. The Hall–Kier alpha value is -0.0900. The maximum atomic E-state index is 11.4. The number of alkyl halides is 1. The second-order valence-electron chi connectivity index (χ2n) is 4.16. The maximum absolute atomic E-state index is 11.4. The lowest BCUT2D eigenvalue weighted by Gasteiger charge is -2.16. The lowest BCUT2D eigenvalue weighted by atomic mass is 10.1. The lowest BCUT2D eigenvalue weighted by molar-refractivity contribution is -0.122. The molecule has 0 aromatic carbocycles. The van der Waals surface area contributed by atoms with Gasteiger partial charge in [-0.15, -0.1) is 0 Å². The van der Waals surface area contributed by atoms with Gasteiger partial charge in [0, 0.05) is 13.2 Å². The van der Waals surface area contributed by atoms with Gasteiger partial charge in [0.25, 0.3) is 0 Å². The largest absolute Gasteiger partial charge is 0.396 e. The third-order valence-electron chi connectivity index (χ3n) is 2.01. The molecule has 14 heavy (non-hydrogen) atoms. The maximum Gasteiger partial charge on any atom is 0.236 e. The molecule has 0 fully saturated rings. The van der Waals surface area contributed by atoms with Gasteiger partial charge in [0.05, 0.1) is 4.32 Å². The van der Waals surface area contributed by atoms with Crippen LogP contribution in [0.2, 0.25) is 0 Å². The molecule has 0 aliphatic rings. The summed E-state index contributed by atoms with van der Waals surface area (Å²) in [4.78, 5) is 11.4. The van der Waals surface area contributed by atoms with Gasteiger partial charge in [0.15, 0.2) is 0 Å². The molecular weight excluding hydrogens is 246 g/mol. The summed E-state index contributed by atoms with van der Waals surface area (Å²) in [5.74, 6) is 0.332. The molecule has 0 saturated carbocycles. The Balaban J connectivity index is 3.51. The monoisotopic (exact) mass is 265 g/mol. The molecule has 0 aliphatic heterocycles. The molecule has 1 amide bonds. The number of amides is 1. The van der Waals surface area contributed by atoms with Crippen molar-refractivity contribution in [1.29, 1.82) is 0 Å². The van der Waals surface area contributed by atoms with Gasteiger partial charge in [0.2, 0.25) is 5.91 Å². The standard InChI is InChI=1S/C10H20BrNO2/c1-8(7-13)5-4-6-12-9(14)10(2,3)11/h8,13H,4-7H2,1-3H3,(H,12,14). The van der Waals surface area contributed by atoms with E-state index in [0.717, 1.165) is 12.8 Å². The summed E-state index contributed by atoms with van der Waals surface area (Å²) >= 11 is 3.29. The Labute approximate surface area is 94.4 Å². The van der Waals surface area contributed by atoms with Crippen LogP contribution in [0.15, 0.2) is 0 Å². The van der Waals surface area contributed by atoms with Gasteiger partial charge in [0.1, 0.15) is 0 Å². The number of aliphatic hydroxyl groups excluding tert-OH is 1. The predicted molar refractivity (Wildman–Crippen MR) is 61.5 cm³/mol. The molecule has 0 aliphatic carbocycles.